The van der Waals surface area contributed by atoms with Crippen LogP contribution in [-0.4, -0.2) is 8.41 Å². The van der Waals surface area contributed by atoms with Crippen LogP contribution in [0.2, 0.25) is 0 Å². The van der Waals surface area contributed by atoms with Gasteiger partial charge >= 0.3 is 0 Å². The molecule has 0 fully saturated rings. The first-order valence-corrected chi connectivity index (χ1v) is 0. The van der Waals surface area contributed by atoms with Crippen molar-refractivity contribution in [2.24, 2.45) is 0 Å². The second kappa shape index (κ2) is 23.6. The molecule has 0 aromatic rings. The first-order chi connectivity index (χ1) is 0. The monoisotopic (exact) mass is 491 g/mol. The van der Waals surface area contributed by atoms with Crippen LogP contribution < -0.4 is 0 Å². The molecule has 0 bridgehead atoms. The maximum atomic E-state index is 0. The molecule has 0 aromatic heterocycles. The van der Waals surface area contributed by atoms with Gasteiger partial charge in [-0.25, -0.2) is 0 Å². The van der Waals surface area contributed by atoms with Gasteiger partial charge in [-0.05, 0) is 0 Å². The van der Waals surface area contributed by atoms with Gasteiger partial charge < -0.3 is 0 Å². The van der Waals surface area contributed by atoms with Crippen LogP contribution in [0.5, 0.6) is 0 Å². The van der Waals surface area contributed by atoms with Gasteiger partial charge in [-0.3, -0.25) is 0 Å². The fraction of sp³-hybridized carbons (Fsp3) is 0. The van der Waals surface area contributed by atoms with E-state index in [1.807, 2.05) is 0 Å². The average Bonchev–Trinajstić information content (AvgIpc) is 0. The van der Waals surface area contributed by atoms with E-state index in [2.05, 4.69) is 0 Å². The van der Waals surface area contributed by atoms with Crippen molar-refractivity contribution in [1.82, 2.24) is 0 Å². The number of hydrogen-bond acceptors (Lipinski definition) is 0. The Bertz CT molecular complexity index is 11.6. The van der Waals surface area contributed by atoms with Crippen LogP contribution >= 0.6 is 0 Å². The van der Waals surface area contributed by atoms with Crippen molar-refractivity contribution in [3.63, 3.8) is 0 Å². The van der Waals surface area contributed by atoms with E-state index in [0.717, 1.165) is 0 Å². The molecule has 0 aliphatic heterocycles. The third-order valence-corrected chi connectivity index (χ3v) is 0. The van der Waals surface area contributed by atoms with Crippen molar-refractivity contribution in [3.05, 3.63) is 0 Å². The normalized spacial score (nSPS) is 0. The van der Waals surface area contributed by atoms with Gasteiger partial charge in [0.2, 0.25) is 0 Å². The molecule has 0 saturated heterocycles. The molecule has 0 aromatic carbocycles. The Hall–Kier alpha value is 4.51. The predicted octanol–water partition coefficient (Wildman–Crippen LogP) is -1.19. The summed E-state index contributed by atoms with van der Waals surface area (Å²) in [6.45, 7) is 0. The van der Waals surface area contributed by atoms with Crippen molar-refractivity contribution >= 4 is 8.41 Å². The van der Waals surface area contributed by atoms with Crippen LogP contribution in [0.15, 0.2) is 0 Å². The van der Waals surface area contributed by atoms with Gasteiger partial charge in [0.15, 0.2) is 0 Å². The van der Waals surface area contributed by atoms with Gasteiger partial charge in [0.05, 0.1) is 8.41 Å². The third kappa shape index (κ3) is 17.7. The standard InChI is InChI=1S/BH3.Ce.Fe.La.Nd/h1H3;;;;. The molecule has 0 N–H and O–H groups in total. The van der Waals surface area contributed by atoms with E-state index in [1.54, 1.807) is 0 Å². The molecule has 0 nitrogen and oxygen atoms in total. The summed E-state index contributed by atoms with van der Waals surface area (Å²) < 4.78 is 0. The molecule has 5 heteroatoms. The van der Waals surface area contributed by atoms with Crippen molar-refractivity contribution in [2.75, 3.05) is 0 Å². The summed E-state index contributed by atoms with van der Waals surface area (Å²) in [5, 5.41) is 0. The summed E-state index contributed by atoms with van der Waals surface area (Å²) >= 11 is 0. The van der Waals surface area contributed by atoms with Gasteiger partial charge in [0, 0.05) is 135 Å². The summed E-state index contributed by atoms with van der Waals surface area (Å²) in [7, 11) is 0. The van der Waals surface area contributed by atoms with Gasteiger partial charge in [0.1, 0.15) is 0 Å². The molecule has 0 atom stereocenters. The summed E-state index contributed by atoms with van der Waals surface area (Å²) in [5.41, 5.74) is 0. The van der Waals surface area contributed by atoms with E-state index in [1.165, 1.54) is 0 Å². The van der Waals surface area contributed by atoms with Crippen molar-refractivity contribution in [2.45, 2.75) is 0 Å². The maximum absolute atomic E-state index is 0. The zero-order valence-corrected chi connectivity index (χ0v) is 13.0. The zero-order chi connectivity index (χ0) is 0. The van der Waals surface area contributed by atoms with Gasteiger partial charge in [0.25, 0.3) is 0 Å². The molecular formula is H3BCeFeLaNd. The molecule has 0 aliphatic rings. The van der Waals surface area contributed by atoms with Gasteiger partial charge in [-0.15, -0.1) is 0 Å². The van der Waals surface area contributed by atoms with E-state index in [4.69, 9.17) is 0 Å². The quantitative estimate of drug-likeness (QED) is 0.373. The molecule has 0 heterocycles. The first-order valence-electron chi connectivity index (χ1n) is 0. The molecule has 0 saturated carbocycles. The second-order valence-electron chi connectivity index (χ2n) is 0. The topological polar surface area (TPSA) is 0 Å². The Balaban J connectivity index is 0. The summed E-state index contributed by atoms with van der Waals surface area (Å²) in [4.78, 5) is 0. The van der Waals surface area contributed by atoms with Crippen LogP contribution in [-0.2, 0) is 17.1 Å². The molecule has 0 aliphatic carbocycles. The minimum absolute atomic E-state index is 0. The Morgan fingerprint density at radius 1 is 1.00 bits per heavy atom. The Morgan fingerprint density at radius 3 is 1.00 bits per heavy atom. The van der Waals surface area contributed by atoms with E-state index in [0.29, 0.717) is 0 Å². The fourth-order valence-corrected chi connectivity index (χ4v) is 0. The summed E-state index contributed by atoms with van der Waals surface area (Å²) in [6.07, 6.45) is 0. The Labute approximate surface area is 139 Å². The average molecular weight is 493 g/mol. The van der Waals surface area contributed by atoms with E-state index in [9.17, 15) is 0 Å². The van der Waals surface area contributed by atoms with Crippen LogP contribution in [0, 0.1) is 118 Å². The summed E-state index contributed by atoms with van der Waals surface area (Å²) in [6, 6.07) is 0. The Kier molecular flexibility index (Phi) is 160. The molecule has 0 spiro atoms. The molecule has 5 heavy (non-hydrogen) atoms. The van der Waals surface area contributed by atoms with E-state index in [-0.39, 0.29) is 144 Å². The largest absolute Gasteiger partial charge is 0.0814 e. The number of rotatable bonds is 0. The van der Waals surface area contributed by atoms with Crippen molar-refractivity contribution in [3.8, 4) is 0 Å². The Morgan fingerprint density at radius 2 is 1.00 bits per heavy atom. The third-order valence-electron chi connectivity index (χ3n) is 0. The minimum Gasteiger partial charge on any atom is 0 e. The molecule has 0 rings (SSSR count). The molecule has 0 amide bonds. The zero-order valence-electron chi connectivity index (χ0n) is 1.93. The van der Waals surface area contributed by atoms with Crippen molar-refractivity contribution < 1.29 is 135 Å². The predicted molar refractivity (Wildman–Crippen MR) is 9.94 cm³/mol. The molecular weight excluding hydrogens is 490 g/mol. The first kappa shape index (κ1) is 33.9. The fourth-order valence-electron chi connectivity index (χ4n) is 0. The summed E-state index contributed by atoms with van der Waals surface area (Å²) in [5.74, 6) is 0. The van der Waals surface area contributed by atoms with Gasteiger partial charge in [-0.2, -0.15) is 0 Å². The minimum atomic E-state index is 0. The van der Waals surface area contributed by atoms with Gasteiger partial charge in [-0.1, -0.05) is 0 Å². The smallest absolute Gasteiger partial charge is 0 e. The van der Waals surface area contributed by atoms with E-state index >= 15 is 0 Å². The molecule has 1 radical (unpaired) electrons. The van der Waals surface area contributed by atoms with Crippen molar-refractivity contribution in [1.29, 1.82) is 0 Å². The molecule has 25 valence electrons. The SMILES string of the molecule is B.[Ce].[Fe].[La].[Nd]. The maximum Gasteiger partial charge on any atom is 0.0814 e. The second-order valence-corrected chi connectivity index (χ2v) is 0. The van der Waals surface area contributed by atoms with E-state index < -0.39 is 0 Å². The van der Waals surface area contributed by atoms with Crippen LogP contribution in [0.1, 0.15) is 0 Å². The van der Waals surface area contributed by atoms with Crippen LogP contribution in [0.25, 0.3) is 0 Å². The molecule has 0 unspecified atom stereocenters. The van der Waals surface area contributed by atoms with Crippen LogP contribution in [0.3, 0.4) is 0 Å². The van der Waals surface area contributed by atoms with Crippen LogP contribution in [0.4, 0.5) is 0 Å². The number of hydrogen-bond donors (Lipinski definition) is 0.